The van der Waals surface area contributed by atoms with Crippen LogP contribution in [0, 0.1) is 0 Å². The highest BCUT2D eigenvalue weighted by Crippen LogP contribution is 2.52. The molecule has 1 aliphatic heterocycles. The van der Waals surface area contributed by atoms with Crippen LogP contribution in [0.25, 0.3) is 21.9 Å². The van der Waals surface area contributed by atoms with Gasteiger partial charge in [-0.3, -0.25) is 0 Å². The molecule has 33 heavy (non-hydrogen) atoms. The quantitative estimate of drug-likeness (QED) is 0.238. The molecule has 0 saturated carbocycles. The van der Waals surface area contributed by atoms with Crippen molar-refractivity contribution < 1.29 is 0 Å². The minimum atomic E-state index is -0.0722. The van der Waals surface area contributed by atoms with Gasteiger partial charge in [0.15, 0.2) is 0 Å². The van der Waals surface area contributed by atoms with E-state index < -0.39 is 0 Å². The topological polar surface area (TPSA) is 3.24 Å². The zero-order valence-corrected chi connectivity index (χ0v) is 20.3. The van der Waals surface area contributed by atoms with Crippen LogP contribution in [0.5, 0.6) is 0 Å². The van der Waals surface area contributed by atoms with E-state index >= 15 is 0 Å². The Balaban J connectivity index is 1.47. The first-order chi connectivity index (χ1) is 16.0. The molecule has 0 aromatic heterocycles. The van der Waals surface area contributed by atoms with Crippen LogP contribution in [0.15, 0.2) is 114 Å². The second-order valence-electron chi connectivity index (χ2n) is 9.25. The molecule has 2 heteroatoms. The van der Waals surface area contributed by atoms with Crippen LogP contribution >= 0.6 is 15.9 Å². The van der Waals surface area contributed by atoms with Crippen molar-refractivity contribution in [1.29, 1.82) is 0 Å². The van der Waals surface area contributed by atoms with Crippen LogP contribution in [0.2, 0.25) is 0 Å². The lowest BCUT2D eigenvalue weighted by atomic mass is 9.73. The van der Waals surface area contributed by atoms with Crippen LogP contribution < -0.4 is 4.90 Å². The Hall–Kier alpha value is -3.36. The molecular formula is C31H24BrN. The van der Waals surface area contributed by atoms with E-state index in [9.17, 15) is 0 Å². The molecule has 0 spiro atoms. The van der Waals surface area contributed by atoms with Gasteiger partial charge >= 0.3 is 0 Å². The largest absolute Gasteiger partial charge is 0.310 e. The fourth-order valence-electron chi connectivity index (χ4n) is 5.13. The van der Waals surface area contributed by atoms with Crippen molar-refractivity contribution in [1.82, 2.24) is 0 Å². The SMILES string of the molecule is CC1(C)c2ccccc2N(c2ccc(-c3ccc4ccccc4c3)cc2)c2ccc(Br)cc21. The van der Waals surface area contributed by atoms with Crippen LogP contribution in [0.4, 0.5) is 17.1 Å². The third kappa shape index (κ3) is 3.29. The van der Waals surface area contributed by atoms with Gasteiger partial charge in [-0.15, -0.1) is 0 Å². The number of halogens is 1. The van der Waals surface area contributed by atoms with Gasteiger partial charge < -0.3 is 4.90 Å². The summed E-state index contributed by atoms with van der Waals surface area (Å²) in [5.74, 6) is 0. The van der Waals surface area contributed by atoms with Gasteiger partial charge in [-0.1, -0.05) is 96.5 Å². The maximum Gasteiger partial charge on any atom is 0.0503 e. The first kappa shape index (κ1) is 20.3. The van der Waals surface area contributed by atoms with Crippen molar-refractivity contribution in [3.05, 3.63) is 125 Å². The first-order valence-electron chi connectivity index (χ1n) is 11.3. The number of fused-ring (bicyclic) bond motifs is 3. The van der Waals surface area contributed by atoms with E-state index in [2.05, 4.69) is 144 Å². The van der Waals surface area contributed by atoms with Crippen LogP contribution in [0.1, 0.15) is 25.0 Å². The molecule has 5 aromatic rings. The fourth-order valence-corrected chi connectivity index (χ4v) is 5.49. The standard InChI is InChI=1S/C31H24BrN/c1-31(2)27-9-5-6-10-29(27)33(30-18-15-25(32)20-28(30)31)26-16-13-22(14-17-26)24-12-11-21-7-3-4-8-23(21)19-24/h3-20H,1-2H3. The third-order valence-corrected chi connectivity index (χ3v) is 7.39. The molecule has 0 fully saturated rings. The summed E-state index contributed by atoms with van der Waals surface area (Å²) >= 11 is 3.69. The molecule has 0 atom stereocenters. The number of benzene rings is 5. The Morgan fingerprint density at radius 2 is 1.24 bits per heavy atom. The number of rotatable bonds is 2. The predicted octanol–water partition coefficient (Wildman–Crippen LogP) is 9.38. The Bertz CT molecular complexity index is 1500. The van der Waals surface area contributed by atoms with Gasteiger partial charge in [0.1, 0.15) is 0 Å². The van der Waals surface area contributed by atoms with E-state index in [1.54, 1.807) is 0 Å². The van der Waals surface area contributed by atoms with E-state index in [0.29, 0.717) is 0 Å². The highest BCUT2D eigenvalue weighted by atomic mass is 79.9. The summed E-state index contributed by atoms with van der Waals surface area (Å²) in [6.07, 6.45) is 0. The maximum absolute atomic E-state index is 3.69. The molecule has 1 aliphatic rings. The van der Waals surface area contributed by atoms with Crippen LogP contribution in [0.3, 0.4) is 0 Å². The highest BCUT2D eigenvalue weighted by molar-refractivity contribution is 9.10. The molecule has 1 heterocycles. The van der Waals surface area contributed by atoms with Crippen molar-refractivity contribution in [2.75, 3.05) is 4.90 Å². The maximum atomic E-state index is 3.69. The Kier molecular flexibility index (Phi) is 4.67. The molecule has 0 N–H and O–H groups in total. The Morgan fingerprint density at radius 3 is 2.06 bits per heavy atom. The molecule has 0 unspecified atom stereocenters. The number of hydrogen-bond acceptors (Lipinski definition) is 1. The van der Waals surface area contributed by atoms with E-state index in [-0.39, 0.29) is 5.41 Å². The molecule has 160 valence electrons. The lowest BCUT2D eigenvalue weighted by Crippen LogP contribution is -2.30. The minimum Gasteiger partial charge on any atom is -0.310 e. The Morgan fingerprint density at radius 1 is 0.576 bits per heavy atom. The average Bonchev–Trinajstić information content (AvgIpc) is 2.85. The van der Waals surface area contributed by atoms with Crippen molar-refractivity contribution in [3.63, 3.8) is 0 Å². The number of para-hydroxylation sites is 1. The summed E-state index contributed by atoms with van der Waals surface area (Å²) in [7, 11) is 0. The second-order valence-corrected chi connectivity index (χ2v) is 10.2. The summed E-state index contributed by atoms with van der Waals surface area (Å²) in [6, 6.07) is 39.6. The van der Waals surface area contributed by atoms with Crippen molar-refractivity contribution in [2.24, 2.45) is 0 Å². The van der Waals surface area contributed by atoms with Gasteiger partial charge in [-0.05, 0) is 75.5 Å². The molecule has 0 aliphatic carbocycles. The lowest BCUT2D eigenvalue weighted by molar-refractivity contribution is 0.631. The normalized spacial score (nSPS) is 14.1. The second kappa shape index (κ2) is 7.60. The molecule has 0 bridgehead atoms. The van der Waals surface area contributed by atoms with E-state index in [1.165, 1.54) is 50.1 Å². The third-order valence-electron chi connectivity index (χ3n) is 6.90. The lowest BCUT2D eigenvalue weighted by Gasteiger charge is -2.42. The molecule has 6 rings (SSSR count). The zero-order chi connectivity index (χ0) is 22.6. The fraction of sp³-hybridized carbons (Fsp3) is 0.0968. The summed E-state index contributed by atoms with van der Waals surface area (Å²) in [5, 5.41) is 2.54. The van der Waals surface area contributed by atoms with Gasteiger partial charge in [0.2, 0.25) is 0 Å². The van der Waals surface area contributed by atoms with Crippen LogP contribution in [-0.4, -0.2) is 0 Å². The van der Waals surface area contributed by atoms with Gasteiger partial charge in [0, 0.05) is 15.6 Å². The molecule has 1 nitrogen and oxygen atoms in total. The molecule has 0 amide bonds. The highest BCUT2D eigenvalue weighted by Gasteiger charge is 2.36. The number of anilines is 3. The minimum absolute atomic E-state index is 0.0722. The smallest absolute Gasteiger partial charge is 0.0503 e. The average molecular weight is 490 g/mol. The van der Waals surface area contributed by atoms with Crippen molar-refractivity contribution >= 4 is 43.8 Å². The van der Waals surface area contributed by atoms with E-state index in [4.69, 9.17) is 0 Å². The summed E-state index contributed by atoms with van der Waals surface area (Å²) < 4.78 is 1.11. The zero-order valence-electron chi connectivity index (χ0n) is 18.7. The molecular weight excluding hydrogens is 466 g/mol. The summed E-state index contributed by atoms with van der Waals surface area (Å²) in [5.41, 5.74) is 8.72. The predicted molar refractivity (Wildman–Crippen MR) is 144 cm³/mol. The van der Waals surface area contributed by atoms with Crippen LogP contribution in [-0.2, 0) is 5.41 Å². The number of nitrogens with zero attached hydrogens (tertiary/aromatic N) is 1. The van der Waals surface area contributed by atoms with Crippen molar-refractivity contribution in [3.8, 4) is 11.1 Å². The van der Waals surface area contributed by atoms with Gasteiger partial charge in [0.05, 0.1) is 11.4 Å². The molecule has 5 aromatic carbocycles. The molecule has 0 radical (unpaired) electrons. The van der Waals surface area contributed by atoms with E-state index in [1.807, 2.05) is 0 Å². The summed E-state index contributed by atoms with van der Waals surface area (Å²) in [6.45, 7) is 4.63. The number of hydrogen-bond donors (Lipinski definition) is 0. The van der Waals surface area contributed by atoms with Gasteiger partial charge in [0.25, 0.3) is 0 Å². The van der Waals surface area contributed by atoms with Crippen molar-refractivity contribution in [2.45, 2.75) is 19.3 Å². The first-order valence-corrected chi connectivity index (χ1v) is 12.1. The molecule has 0 saturated heterocycles. The van der Waals surface area contributed by atoms with Gasteiger partial charge in [-0.25, -0.2) is 0 Å². The Labute approximate surface area is 203 Å². The van der Waals surface area contributed by atoms with E-state index in [0.717, 1.165) is 4.47 Å². The monoisotopic (exact) mass is 489 g/mol. The summed E-state index contributed by atoms with van der Waals surface area (Å²) in [4.78, 5) is 2.40. The van der Waals surface area contributed by atoms with Gasteiger partial charge in [-0.2, -0.15) is 0 Å².